The summed E-state index contributed by atoms with van der Waals surface area (Å²) in [6, 6.07) is 8.05. The van der Waals surface area contributed by atoms with Gasteiger partial charge in [-0.2, -0.15) is 0 Å². The first kappa shape index (κ1) is 7.62. The van der Waals surface area contributed by atoms with E-state index in [0.717, 1.165) is 0 Å². The minimum absolute atomic E-state index is 0.368. The van der Waals surface area contributed by atoms with Crippen LogP contribution in [0.15, 0.2) is 24.3 Å². The number of benzene rings is 1. The van der Waals surface area contributed by atoms with Gasteiger partial charge in [0.15, 0.2) is 0 Å². The predicted octanol–water partition coefficient (Wildman–Crippen LogP) is 1.77. The summed E-state index contributed by atoms with van der Waals surface area (Å²) < 4.78 is 0. The lowest BCUT2D eigenvalue weighted by atomic mass is 9.96. The van der Waals surface area contributed by atoms with Gasteiger partial charge in [0.2, 0.25) is 0 Å². The number of rotatable bonds is 1. The molecule has 2 heteroatoms. The average Bonchev–Trinajstić information content (AvgIpc) is 2.02. The summed E-state index contributed by atoms with van der Waals surface area (Å²) in [6.45, 7) is 1.17. The first-order chi connectivity index (χ1) is 5.77. The highest BCUT2D eigenvalue weighted by Gasteiger charge is 2.25. The van der Waals surface area contributed by atoms with Crippen LogP contribution >= 0.6 is 0 Å². The Balaban J connectivity index is 2.22. The highest BCUT2D eigenvalue weighted by atomic mass is 16.3. The van der Waals surface area contributed by atoms with Gasteiger partial charge in [-0.15, -0.1) is 0 Å². The summed E-state index contributed by atoms with van der Waals surface area (Å²) in [5.74, 6) is 0.368. The van der Waals surface area contributed by atoms with Crippen LogP contribution in [-0.4, -0.2) is 23.6 Å². The Labute approximate surface area is 72.4 Å². The van der Waals surface area contributed by atoms with Crippen LogP contribution in [0.25, 0.3) is 0 Å². The molecular weight excluding hydrogens is 150 g/mol. The fourth-order valence-corrected chi connectivity index (χ4v) is 1.67. The van der Waals surface area contributed by atoms with Crippen molar-refractivity contribution < 1.29 is 5.11 Å². The topological polar surface area (TPSA) is 23.5 Å². The molecule has 1 saturated heterocycles. The molecule has 1 aromatic rings. The Bertz CT molecular complexity index is 285. The van der Waals surface area contributed by atoms with Gasteiger partial charge in [0.1, 0.15) is 5.75 Å². The standard InChI is InChI=1S/C10H13NO/c1-11-6-5-10(11)8-3-2-4-9(12)7-8/h2-4,7,10,12H,5-6H2,1H3. The fraction of sp³-hybridized carbons (Fsp3) is 0.400. The van der Waals surface area contributed by atoms with E-state index < -0.39 is 0 Å². The molecule has 12 heavy (non-hydrogen) atoms. The largest absolute Gasteiger partial charge is 0.508 e. The number of aromatic hydroxyl groups is 1. The molecule has 1 atom stereocenters. The zero-order chi connectivity index (χ0) is 8.55. The molecule has 1 aliphatic rings. The van der Waals surface area contributed by atoms with Crippen molar-refractivity contribution in [1.29, 1.82) is 0 Å². The van der Waals surface area contributed by atoms with E-state index in [0.29, 0.717) is 11.8 Å². The molecule has 0 aromatic heterocycles. The summed E-state index contributed by atoms with van der Waals surface area (Å²) in [5, 5.41) is 9.25. The molecule has 0 bridgehead atoms. The van der Waals surface area contributed by atoms with Crippen molar-refractivity contribution in [3.8, 4) is 5.75 Å². The van der Waals surface area contributed by atoms with Gasteiger partial charge in [0.25, 0.3) is 0 Å². The van der Waals surface area contributed by atoms with Crippen molar-refractivity contribution in [3.05, 3.63) is 29.8 Å². The van der Waals surface area contributed by atoms with E-state index in [-0.39, 0.29) is 0 Å². The molecule has 0 amide bonds. The van der Waals surface area contributed by atoms with Crippen LogP contribution < -0.4 is 0 Å². The van der Waals surface area contributed by atoms with Crippen LogP contribution in [0.5, 0.6) is 5.75 Å². The Morgan fingerprint density at radius 2 is 2.33 bits per heavy atom. The molecule has 1 fully saturated rings. The van der Waals surface area contributed by atoms with E-state index in [4.69, 9.17) is 0 Å². The molecule has 0 spiro atoms. The molecule has 2 rings (SSSR count). The Kier molecular flexibility index (Phi) is 1.77. The van der Waals surface area contributed by atoms with Gasteiger partial charge in [0, 0.05) is 12.6 Å². The van der Waals surface area contributed by atoms with Gasteiger partial charge in [0.05, 0.1) is 0 Å². The van der Waals surface area contributed by atoms with Crippen molar-refractivity contribution in [2.45, 2.75) is 12.5 Å². The number of phenols is 1. The van der Waals surface area contributed by atoms with Crippen molar-refractivity contribution in [2.75, 3.05) is 13.6 Å². The van der Waals surface area contributed by atoms with Crippen molar-refractivity contribution in [3.63, 3.8) is 0 Å². The van der Waals surface area contributed by atoms with Gasteiger partial charge in [-0.1, -0.05) is 12.1 Å². The lowest BCUT2D eigenvalue weighted by Crippen LogP contribution is -2.37. The van der Waals surface area contributed by atoms with Crippen LogP contribution in [0.3, 0.4) is 0 Å². The van der Waals surface area contributed by atoms with Gasteiger partial charge in [-0.05, 0) is 31.2 Å². The monoisotopic (exact) mass is 163 g/mol. The van der Waals surface area contributed by atoms with E-state index in [1.54, 1.807) is 6.07 Å². The molecule has 0 aliphatic carbocycles. The summed E-state index contributed by atoms with van der Waals surface area (Å²) >= 11 is 0. The molecule has 1 aliphatic heterocycles. The van der Waals surface area contributed by atoms with E-state index in [9.17, 15) is 5.11 Å². The Morgan fingerprint density at radius 1 is 1.50 bits per heavy atom. The average molecular weight is 163 g/mol. The summed E-state index contributed by atoms with van der Waals surface area (Å²) in [6.07, 6.45) is 1.21. The van der Waals surface area contributed by atoms with Crippen molar-refractivity contribution >= 4 is 0 Å². The van der Waals surface area contributed by atoms with E-state index in [2.05, 4.69) is 18.0 Å². The lowest BCUT2D eigenvalue weighted by molar-refractivity contribution is 0.127. The summed E-state index contributed by atoms with van der Waals surface area (Å²) in [4.78, 5) is 2.29. The molecule has 1 heterocycles. The zero-order valence-corrected chi connectivity index (χ0v) is 7.20. The first-order valence-corrected chi connectivity index (χ1v) is 4.26. The molecule has 0 radical (unpaired) electrons. The molecule has 2 nitrogen and oxygen atoms in total. The highest BCUT2D eigenvalue weighted by Crippen LogP contribution is 2.32. The fourth-order valence-electron chi connectivity index (χ4n) is 1.67. The summed E-state index contributed by atoms with van der Waals surface area (Å²) in [5.41, 5.74) is 1.23. The van der Waals surface area contributed by atoms with Crippen LogP contribution in [0.1, 0.15) is 18.0 Å². The molecule has 0 saturated carbocycles. The van der Waals surface area contributed by atoms with E-state index in [1.165, 1.54) is 18.5 Å². The first-order valence-electron chi connectivity index (χ1n) is 4.26. The van der Waals surface area contributed by atoms with Crippen LogP contribution in [0.4, 0.5) is 0 Å². The minimum atomic E-state index is 0.368. The Morgan fingerprint density at radius 3 is 2.83 bits per heavy atom. The predicted molar refractivity (Wildman–Crippen MR) is 48.1 cm³/mol. The second-order valence-corrected chi connectivity index (χ2v) is 3.38. The number of hydrogen-bond donors (Lipinski definition) is 1. The maximum Gasteiger partial charge on any atom is 0.115 e. The van der Waals surface area contributed by atoms with Crippen LogP contribution in [-0.2, 0) is 0 Å². The number of nitrogens with zero attached hydrogens (tertiary/aromatic N) is 1. The highest BCUT2D eigenvalue weighted by molar-refractivity contribution is 5.30. The van der Waals surface area contributed by atoms with E-state index in [1.807, 2.05) is 12.1 Å². The number of likely N-dealkylation sites (tertiary alicyclic amines) is 1. The second kappa shape index (κ2) is 2.79. The number of phenolic OH excluding ortho intramolecular Hbond substituents is 1. The number of hydrogen-bond acceptors (Lipinski definition) is 2. The van der Waals surface area contributed by atoms with Gasteiger partial charge in [-0.3, -0.25) is 4.90 Å². The summed E-state index contributed by atoms with van der Waals surface area (Å²) in [7, 11) is 2.11. The van der Waals surface area contributed by atoms with Crippen molar-refractivity contribution in [2.24, 2.45) is 0 Å². The SMILES string of the molecule is CN1CCC1c1cccc(O)c1. The molecule has 1 aromatic carbocycles. The maximum absolute atomic E-state index is 9.25. The van der Waals surface area contributed by atoms with Crippen LogP contribution in [0.2, 0.25) is 0 Å². The molecule has 1 N–H and O–H groups in total. The van der Waals surface area contributed by atoms with Crippen LogP contribution in [0, 0.1) is 0 Å². The third kappa shape index (κ3) is 1.18. The normalized spacial score (nSPS) is 23.6. The minimum Gasteiger partial charge on any atom is -0.508 e. The van der Waals surface area contributed by atoms with E-state index >= 15 is 0 Å². The van der Waals surface area contributed by atoms with Gasteiger partial charge < -0.3 is 5.11 Å². The van der Waals surface area contributed by atoms with Crippen molar-refractivity contribution in [1.82, 2.24) is 4.90 Å². The van der Waals surface area contributed by atoms with Gasteiger partial charge >= 0.3 is 0 Å². The third-order valence-corrected chi connectivity index (χ3v) is 2.54. The smallest absolute Gasteiger partial charge is 0.115 e. The quantitative estimate of drug-likeness (QED) is 0.682. The lowest BCUT2D eigenvalue weighted by Gasteiger charge is -2.38. The zero-order valence-electron chi connectivity index (χ0n) is 7.20. The maximum atomic E-state index is 9.25. The molecule has 64 valence electrons. The molecular formula is C10H13NO. The third-order valence-electron chi connectivity index (χ3n) is 2.54. The second-order valence-electron chi connectivity index (χ2n) is 3.38. The molecule has 1 unspecified atom stereocenters. The van der Waals surface area contributed by atoms with Gasteiger partial charge in [-0.25, -0.2) is 0 Å². The Hall–Kier alpha value is -1.02.